The highest BCUT2D eigenvalue weighted by Gasteiger charge is 2.41. The Morgan fingerprint density at radius 2 is 1.25 bits per heavy atom. The molecule has 0 aliphatic rings. The number of rotatable bonds is 12. The quantitative estimate of drug-likeness (QED) is 0.246. The second-order valence-corrected chi connectivity index (χ2v) is 25.7. The fourth-order valence-electron chi connectivity index (χ4n) is 2.14. The summed E-state index contributed by atoms with van der Waals surface area (Å²) < 4.78 is 24.8. The summed E-state index contributed by atoms with van der Waals surface area (Å²) in [6.45, 7) is 29.4. The molecule has 0 aliphatic heterocycles. The van der Waals surface area contributed by atoms with Crippen molar-refractivity contribution >= 4 is 25.0 Å². The number of hydrogen-bond acceptors (Lipinski definition) is 4. The monoisotopic (exact) mass is 450 g/mol. The molecule has 0 aliphatic carbocycles. The molecule has 0 rings (SSSR count). The van der Waals surface area contributed by atoms with E-state index >= 15 is 0 Å². The smallest absolute Gasteiger partial charge is 0.192 e. The number of ether oxygens (including phenoxy) is 1. The molecule has 0 saturated carbocycles. The van der Waals surface area contributed by atoms with Gasteiger partial charge in [-0.2, -0.15) is 0 Å². The zero-order chi connectivity index (χ0) is 22.4. The van der Waals surface area contributed by atoms with E-state index in [0.717, 1.165) is 19.1 Å². The zero-order valence-corrected chi connectivity index (χ0v) is 24.2. The Balaban J connectivity index is 4.87. The molecule has 1 unspecified atom stereocenters. The normalized spacial score (nSPS) is 15.8. The van der Waals surface area contributed by atoms with Crippen LogP contribution >= 0.6 is 0 Å². The van der Waals surface area contributed by atoms with Gasteiger partial charge in [0, 0.05) is 13.7 Å². The SMILES string of the molecule is CO[Si](C)(C)CCCOCC(CO[Si](C)(C)C(C)(C)C)O[Si](C)(C)C(C)(C)C. The molecule has 28 heavy (non-hydrogen) atoms. The highest BCUT2D eigenvalue weighted by Crippen LogP contribution is 2.39. The van der Waals surface area contributed by atoms with Gasteiger partial charge < -0.3 is 18.0 Å². The lowest BCUT2D eigenvalue weighted by Gasteiger charge is -2.41. The van der Waals surface area contributed by atoms with Crippen LogP contribution in [0, 0.1) is 0 Å². The second-order valence-electron chi connectivity index (χ2n) is 11.7. The number of hydrogen-bond donors (Lipinski definition) is 0. The summed E-state index contributed by atoms with van der Waals surface area (Å²) in [7, 11) is -3.35. The van der Waals surface area contributed by atoms with Crippen molar-refractivity contribution in [3.05, 3.63) is 0 Å². The summed E-state index contributed by atoms with van der Waals surface area (Å²) >= 11 is 0. The van der Waals surface area contributed by atoms with Crippen molar-refractivity contribution in [3.8, 4) is 0 Å². The van der Waals surface area contributed by atoms with Gasteiger partial charge >= 0.3 is 0 Å². The fraction of sp³-hybridized carbons (Fsp3) is 1.00. The molecule has 0 aromatic heterocycles. The topological polar surface area (TPSA) is 36.9 Å². The molecule has 0 heterocycles. The van der Waals surface area contributed by atoms with E-state index in [4.69, 9.17) is 18.0 Å². The molecule has 7 heteroatoms. The summed E-state index contributed by atoms with van der Waals surface area (Å²) in [6, 6.07) is 1.12. The minimum atomic E-state index is -1.87. The summed E-state index contributed by atoms with van der Waals surface area (Å²) in [6.07, 6.45) is 1.05. The van der Waals surface area contributed by atoms with E-state index < -0.39 is 25.0 Å². The first kappa shape index (κ1) is 28.5. The maximum absolute atomic E-state index is 6.67. The predicted molar refractivity (Wildman–Crippen MR) is 130 cm³/mol. The van der Waals surface area contributed by atoms with Crippen molar-refractivity contribution in [3.63, 3.8) is 0 Å². The molecule has 0 amide bonds. The van der Waals surface area contributed by atoms with Crippen LogP contribution in [0.1, 0.15) is 48.0 Å². The van der Waals surface area contributed by atoms with Crippen LogP contribution in [0.25, 0.3) is 0 Å². The fourth-order valence-corrected chi connectivity index (χ4v) is 5.70. The molecule has 0 bridgehead atoms. The molecule has 0 aromatic carbocycles. The molecule has 170 valence electrons. The Bertz CT molecular complexity index is 452. The van der Waals surface area contributed by atoms with E-state index in [1.165, 1.54) is 0 Å². The Morgan fingerprint density at radius 3 is 1.68 bits per heavy atom. The highest BCUT2D eigenvalue weighted by atomic mass is 28.4. The third kappa shape index (κ3) is 10.00. The summed E-state index contributed by atoms with van der Waals surface area (Å²) in [4.78, 5) is 0. The van der Waals surface area contributed by atoms with Gasteiger partial charge in [0.2, 0.25) is 0 Å². The van der Waals surface area contributed by atoms with E-state index in [9.17, 15) is 0 Å². The maximum atomic E-state index is 6.67. The third-order valence-electron chi connectivity index (χ3n) is 6.63. The maximum Gasteiger partial charge on any atom is 0.192 e. The Hall–Kier alpha value is 0.491. The summed E-state index contributed by atoms with van der Waals surface area (Å²) in [5.74, 6) is 0. The van der Waals surface area contributed by atoms with Crippen molar-refractivity contribution in [2.75, 3.05) is 26.9 Å². The van der Waals surface area contributed by atoms with Crippen molar-refractivity contribution < 1.29 is 18.0 Å². The average molecular weight is 451 g/mol. The van der Waals surface area contributed by atoms with Crippen LogP contribution in [0.5, 0.6) is 0 Å². The Labute approximate surface area is 179 Å². The molecular formula is C21H50O4Si3. The second kappa shape index (κ2) is 10.7. The van der Waals surface area contributed by atoms with Crippen LogP contribution in [0.15, 0.2) is 0 Å². The molecule has 0 spiro atoms. The third-order valence-corrected chi connectivity index (χ3v) is 18.3. The molecule has 0 N–H and O–H groups in total. The molecule has 0 fully saturated rings. The van der Waals surface area contributed by atoms with E-state index in [2.05, 4.69) is 80.8 Å². The van der Waals surface area contributed by atoms with E-state index in [1.807, 2.05) is 7.11 Å². The lowest BCUT2D eigenvalue weighted by molar-refractivity contribution is 0.0158. The predicted octanol–water partition coefficient (Wildman–Crippen LogP) is 6.66. The minimum Gasteiger partial charge on any atom is -0.420 e. The van der Waals surface area contributed by atoms with Gasteiger partial charge in [0.05, 0.1) is 19.3 Å². The van der Waals surface area contributed by atoms with Gasteiger partial charge in [0.15, 0.2) is 25.0 Å². The highest BCUT2D eigenvalue weighted by molar-refractivity contribution is 6.74. The van der Waals surface area contributed by atoms with Crippen LogP contribution in [0.2, 0.25) is 55.4 Å². The van der Waals surface area contributed by atoms with Crippen LogP contribution in [0.4, 0.5) is 0 Å². The first-order chi connectivity index (χ1) is 12.3. The average Bonchev–Trinajstić information content (AvgIpc) is 2.49. The summed E-state index contributed by atoms with van der Waals surface area (Å²) in [5, 5.41) is 0.377. The van der Waals surface area contributed by atoms with Crippen molar-refractivity contribution in [1.82, 2.24) is 0 Å². The van der Waals surface area contributed by atoms with Crippen molar-refractivity contribution in [1.29, 1.82) is 0 Å². The van der Waals surface area contributed by atoms with Crippen LogP contribution in [-0.2, 0) is 18.0 Å². The molecule has 0 aromatic rings. The van der Waals surface area contributed by atoms with Crippen molar-refractivity contribution in [2.45, 2.75) is 109 Å². The standard InChI is InChI=1S/C21H50O4Si3/c1-20(2,3)27(10,11)24-18-19(25-28(12,13)21(4,5)6)17-23-15-14-16-26(8,9)22-7/h19H,14-18H2,1-13H3. The first-order valence-electron chi connectivity index (χ1n) is 10.8. The lowest BCUT2D eigenvalue weighted by atomic mass is 10.2. The van der Waals surface area contributed by atoms with Crippen LogP contribution in [-0.4, -0.2) is 58.0 Å². The van der Waals surface area contributed by atoms with E-state index in [-0.39, 0.29) is 16.2 Å². The molecule has 0 radical (unpaired) electrons. The largest absolute Gasteiger partial charge is 0.420 e. The van der Waals surface area contributed by atoms with Gasteiger partial charge in [-0.15, -0.1) is 0 Å². The Morgan fingerprint density at radius 1 is 0.750 bits per heavy atom. The Kier molecular flexibility index (Phi) is 10.9. The van der Waals surface area contributed by atoms with Gasteiger partial charge in [-0.25, -0.2) is 0 Å². The first-order valence-corrected chi connectivity index (χ1v) is 19.7. The van der Waals surface area contributed by atoms with Gasteiger partial charge in [-0.1, -0.05) is 41.5 Å². The molecule has 1 atom stereocenters. The van der Waals surface area contributed by atoms with Crippen molar-refractivity contribution in [2.24, 2.45) is 0 Å². The van der Waals surface area contributed by atoms with E-state index in [1.54, 1.807) is 0 Å². The molecule has 4 nitrogen and oxygen atoms in total. The minimum absolute atomic E-state index is 0.00250. The molecule has 0 saturated heterocycles. The summed E-state index contributed by atoms with van der Waals surface area (Å²) in [5.41, 5.74) is 0. The molecular weight excluding hydrogens is 400 g/mol. The van der Waals surface area contributed by atoms with Crippen LogP contribution in [0.3, 0.4) is 0 Å². The van der Waals surface area contributed by atoms with Gasteiger partial charge in [-0.05, 0) is 61.8 Å². The lowest BCUT2D eigenvalue weighted by Crippen LogP contribution is -2.49. The van der Waals surface area contributed by atoms with Gasteiger partial charge in [0.25, 0.3) is 0 Å². The van der Waals surface area contributed by atoms with Gasteiger partial charge in [-0.3, -0.25) is 0 Å². The van der Waals surface area contributed by atoms with Gasteiger partial charge in [0.1, 0.15) is 0 Å². The zero-order valence-electron chi connectivity index (χ0n) is 21.2. The van der Waals surface area contributed by atoms with Crippen LogP contribution < -0.4 is 0 Å². The van der Waals surface area contributed by atoms with E-state index in [0.29, 0.717) is 13.2 Å².